The fourth-order valence-electron chi connectivity index (χ4n) is 4.76. The average Bonchev–Trinajstić information content (AvgIpc) is 2.61. The van der Waals surface area contributed by atoms with Crippen LogP contribution in [0.1, 0.15) is 46.5 Å². The van der Waals surface area contributed by atoms with Crippen LogP contribution in [0, 0.1) is 29.1 Å². The molecule has 0 aromatic heterocycles. The van der Waals surface area contributed by atoms with Gasteiger partial charge in [-0.3, -0.25) is 4.79 Å². The topological polar surface area (TPSA) is 37.3 Å². The van der Waals surface area contributed by atoms with E-state index in [1.165, 1.54) is 0 Å². The van der Waals surface area contributed by atoms with E-state index in [2.05, 4.69) is 13.8 Å². The van der Waals surface area contributed by atoms with Crippen LogP contribution in [0.3, 0.4) is 0 Å². The van der Waals surface area contributed by atoms with Crippen LogP contribution in [0.4, 0.5) is 0 Å². The molecular weight excluding hydrogens is 200 g/mol. The molecule has 0 bridgehead atoms. The molecule has 0 spiro atoms. The summed E-state index contributed by atoms with van der Waals surface area (Å²) in [7, 11) is 0. The molecular formula is C14H22O2. The molecule has 1 N–H and O–H groups in total. The molecule has 90 valence electrons. The lowest BCUT2D eigenvalue weighted by molar-refractivity contribution is -0.125. The second-order valence-corrected chi connectivity index (χ2v) is 6.99. The van der Waals surface area contributed by atoms with E-state index in [0.717, 1.165) is 25.7 Å². The number of hydrogen-bond acceptors (Lipinski definition) is 2. The smallest absolute Gasteiger partial charge is 0.136 e. The minimum atomic E-state index is -0.596. The highest BCUT2D eigenvalue weighted by molar-refractivity contribution is 5.82. The molecule has 0 aliphatic heterocycles. The zero-order chi connectivity index (χ0) is 11.7. The predicted molar refractivity (Wildman–Crippen MR) is 61.8 cm³/mol. The number of carbonyl (C=O) groups is 1. The van der Waals surface area contributed by atoms with Crippen LogP contribution in [0.5, 0.6) is 0 Å². The fraction of sp³-hybridized carbons (Fsp3) is 0.929. The second-order valence-electron chi connectivity index (χ2n) is 6.99. The Morgan fingerprint density at radius 3 is 2.56 bits per heavy atom. The Morgan fingerprint density at radius 2 is 1.88 bits per heavy atom. The summed E-state index contributed by atoms with van der Waals surface area (Å²) in [5.41, 5.74) is -0.237. The summed E-state index contributed by atoms with van der Waals surface area (Å²) >= 11 is 0. The highest BCUT2D eigenvalue weighted by Crippen LogP contribution is 2.70. The Bertz CT molecular complexity index is 343. The van der Waals surface area contributed by atoms with E-state index < -0.39 is 5.60 Å². The molecule has 5 atom stereocenters. The molecule has 3 rings (SSSR count). The van der Waals surface area contributed by atoms with Gasteiger partial charge in [0, 0.05) is 18.3 Å². The van der Waals surface area contributed by atoms with Crippen molar-refractivity contribution in [1.29, 1.82) is 0 Å². The zero-order valence-electron chi connectivity index (χ0n) is 10.5. The lowest BCUT2D eigenvalue weighted by Gasteiger charge is -2.30. The molecule has 0 radical (unpaired) electrons. The van der Waals surface area contributed by atoms with Gasteiger partial charge in [0.2, 0.25) is 0 Å². The first-order valence-corrected chi connectivity index (χ1v) is 6.61. The highest BCUT2D eigenvalue weighted by atomic mass is 16.3. The molecule has 3 aliphatic rings. The minimum Gasteiger partial charge on any atom is -0.390 e. The standard InChI is InChI=1S/C14H22O2/c1-13(2)9-4-5-10(15)8-6-7-14(3,16)11(8)12(9)13/h8-9,11-12,16H,4-7H2,1-3H3/t8-,9+,11?,12+,14-/m1/s1. The van der Waals surface area contributed by atoms with Gasteiger partial charge in [0.25, 0.3) is 0 Å². The van der Waals surface area contributed by atoms with Crippen molar-refractivity contribution in [2.45, 2.75) is 52.1 Å². The van der Waals surface area contributed by atoms with Gasteiger partial charge in [-0.05, 0) is 43.4 Å². The van der Waals surface area contributed by atoms with E-state index in [0.29, 0.717) is 23.0 Å². The second kappa shape index (κ2) is 2.90. The van der Waals surface area contributed by atoms with Crippen LogP contribution in [-0.4, -0.2) is 16.5 Å². The molecule has 3 fully saturated rings. The van der Waals surface area contributed by atoms with Gasteiger partial charge in [0.1, 0.15) is 5.78 Å². The lowest BCUT2D eigenvalue weighted by atomic mass is 9.79. The maximum atomic E-state index is 12.0. The van der Waals surface area contributed by atoms with Crippen LogP contribution >= 0.6 is 0 Å². The van der Waals surface area contributed by atoms with Crippen molar-refractivity contribution in [1.82, 2.24) is 0 Å². The Labute approximate surface area is 97.4 Å². The lowest BCUT2D eigenvalue weighted by Crippen LogP contribution is -2.36. The number of aliphatic hydroxyl groups is 1. The van der Waals surface area contributed by atoms with E-state index in [-0.39, 0.29) is 11.8 Å². The van der Waals surface area contributed by atoms with Crippen molar-refractivity contribution in [3.8, 4) is 0 Å². The van der Waals surface area contributed by atoms with E-state index in [1.54, 1.807) is 0 Å². The molecule has 0 saturated heterocycles. The molecule has 3 aliphatic carbocycles. The molecule has 0 aromatic rings. The number of hydrogen-bond donors (Lipinski definition) is 1. The Balaban J connectivity index is 1.98. The van der Waals surface area contributed by atoms with Crippen molar-refractivity contribution in [2.24, 2.45) is 29.1 Å². The molecule has 0 amide bonds. The SMILES string of the molecule is CC1(C)[C@@H]2C3[C@H](CC[C@@]3(C)O)C(=O)CC[C@@H]21. The molecule has 2 nitrogen and oxygen atoms in total. The van der Waals surface area contributed by atoms with Gasteiger partial charge in [-0.1, -0.05) is 13.8 Å². The maximum Gasteiger partial charge on any atom is 0.136 e. The Morgan fingerprint density at radius 1 is 1.19 bits per heavy atom. The van der Waals surface area contributed by atoms with E-state index >= 15 is 0 Å². The summed E-state index contributed by atoms with van der Waals surface area (Å²) in [6.07, 6.45) is 3.53. The van der Waals surface area contributed by atoms with Crippen molar-refractivity contribution >= 4 is 5.78 Å². The predicted octanol–water partition coefficient (Wildman–Crippen LogP) is 2.40. The first kappa shape index (κ1) is 10.8. The third kappa shape index (κ3) is 1.20. The van der Waals surface area contributed by atoms with Gasteiger partial charge in [0.15, 0.2) is 0 Å². The van der Waals surface area contributed by atoms with Crippen LogP contribution in [0.15, 0.2) is 0 Å². The van der Waals surface area contributed by atoms with Crippen LogP contribution in [0.25, 0.3) is 0 Å². The highest BCUT2D eigenvalue weighted by Gasteiger charge is 2.68. The normalized spacial score (nSPS) is 54.1. The minimum absolute atomic E-state index is 0.159. The number of carbonyl (C=O) groups excluding carboxylic acids is 1. The van der Waals surface area contributed by atoms with Gasteiger partial charge >= 0.3 is 0 Å². The first-order valence-electron chi connectivity index (χ1n) is 6.61. The summed E-state index contributed by atoms with van der Waals surface area (Å²) in [6.45, 7) is 6.56. The molecule has 0 heterocycles. The largest absolute Gasteiger partial charge is 0.390 e. The molecule has 16 heavy (non-hydrogen) atoms. The van der Waals surface area contributed by atoms with Gasteiger partial charge in [-0.2, -0.15) is 0 Å². The van der Waals surface area contributed by atoms with Crippen LogP contribution < -0.4 is 0 Å². The quantitative estimate of drug-likeness (QED) is 0.683. The summed E-state index contributed by atoms with van der Waals surface area (Å²) in [6, 6.07) is 0. The molecule has 1 unspecified atom stereocenters. The monoisotopic (exact) mass is 222 g/mol. The summed E-state index contributed by atoms with van der Waals surface area (Å²) in [5, 5.41) is 10.5. The maximum absolute atomic E-state index is 12.0. The average molecular weight is 222 g/mol. The summed E-state index contributed by atoms with van der Waals surface area (Å²) < 4.78 is 0. The van der Waals surface area contributed by atoms with Crippen molar-refractivity contribution in [2.75, 3.05) is 0 Å². The number of Topliss-reactive ketones (excluding diaryl/α,β-unsaturated/α-hetero) is 1. The van der Waals surface area contributed by atoms with Gasteiger partial charge in [-0.15, -0.1) is 0 Å². The van der Waals surface area contributed by atoms with Crippen molar-refractivity contribution in [3.05, 3.63) is 0 Å². The summed E-state index contributed by atoms with van der Waals surface area (Å²) in [5.74, 6) is 2.08. The Hall–Kier alpha value is -0.370. The number of rotatable bonds is 0. The zero-order valence-corrected chi connectivity index (χ0v) is 10.5. The van der Waals surface area contributed by atoms with E-state index in [9.17, 15) is 9.90 Å². The third-order valence-electron chi connectivity index (χ3n) is 5.75. The van der Waals surface area contributed by atoms with Crippen molar-refractivity contribution in [3.63, 3.8) is 0 Å². The Kier molecular flexibility index (Phi) is 1.95. The molecule has 3 saturated carbocycles. The summed E-state index contributed by atoms with van der Waals surface area (Å²) in [4.78, 5) is 12.0. The number of ketones is 1. The van der Waals surface area contributed by atoms with Gasteiger partial charge in [-0.25, -0.2) is 0 Å². The van der Waals surface area contributed by atoms with Crippen molar-refractivity contribution < 1.29 is 9.90 Å². The third-order valence-corrected chi connectivity index (χ3v) is 5.75. The van der Waals surface area contributed by atoms with E-state index in [4.69, 9.17) is 0 Å². The van der Waals surface area contributed by atoms with Crippen LogP contribution in [-0.2, 0) is 4.79 Å². The number of fused-ring (bicyclic) bond motifs is 3. The van der Waals surface area contributed by atoms with E-state index in [1.807, 2.05) is 6.92 Å². The van der Waals surface area contributed by atoms with Gasteiger partial charge < -0.3 is 5.11 Å². The fourth-order valence-corrected chi connectivity index (χ4v) is 4.76. The first-order chi connectivity index (χ1) is 7.36. The molecule has 2 heteroatoms. The molecule has 0 aromatic carbocycles. The van der Waals surface area contributed by atoms with Gasteiger partial charge in [0.05, 0.1) is 5.60 Å². The van der Waals surface area contributed by atoms with Crippen LogP contribution in [0.2, 0.25) is 0 Å².